The van der Waals surface area contributed by atoms with Crippen molar-refractivity contribution in [2.45, 2.75) is 31.2 Å². The van der Waals surface area contributed by atoms with Gasteiger partial charge in [-0.3, -0.25) is 4.99 Å². The molecule has 0 aromatic heterocycles. The highest BCUT2D eigenvalue weighted by Gasteiger charge is 2.34. The Morgan fingerprint density at radius 2 is 1.88 bits per heavy atom. The van der Waals surface area contributed by atoms with Crippen molar-refractivity contribution in [2.75, 3.05) is 47.6 Å². The summed E-state index contributed by atoms with van der Waals surface area (Å²) in [6, 6.07) is 8.58. The molecule has 7 heteroatoms. The summed E-state index contributed by atoms with van der Waals surface area (Å²) in [5.74, 6) is 1.67. The summed E-state index contributed by atoms with van der Waals surface area (Å²) in [4.78, 5) is 4.33. The molecule has 1 aromatic rings. The average Bonchev–Trinajstić information content (AvgIpc) is 2.66. The highest BCUT2D eigenvalue weighted by Crippen LogP contribution is 2.35. The Balaban J connectivity index is 0.00000338. The van der Waals surface area contributed by atoms with Crippen LogP contribution in [0.15, 0.2) is 29.3 Å². The summed E-state index contributed by atoms with van der Waals surface area (Å²) in [6.45, 7) is 5.07. The number of halogens is 1. The van der Waals surface area contributed by atoms with E-state index >= 15 is 0 Å². The van der Waals surface area contributed by atoms with E-state index in [1.165, 1.54) is 5.56 Å². The Hall–Kier alpha value is -1.06. The van der Waals surface area contributed by atoms with Crippen molar-refractivity contribution in [1.82, 2.24) is 10.6 Å². The van der Waals surface area contributed by atoms with E-state index in [0.29, 0.717) is 6.61 Å². The van der Waals surface area contributed by atoms with Gasteiger partial charge < -0.3 is 24.8 Å². The molecular formula is C19H32IN3O3. The second kappa shape index (κ2) is 11.6. The molecule has 0 saturated carbocycles. The maximum Gasteiger partial charge on any atom is 0.191 e. The molecule has 0 amide bonds. The average molecular weight is 477 g/mol. The summed E-state index contributed by atoms with van der Waals surface area (Å²) < 4.78 is 16.1. The van der Waals surface area contributed by atoms with Crippen molar-refractivity contribution in [3.8, 4) is 5.75 Å². The van der Waals surface area contributed by atoms with Crippen molar-refractivity contribution in [3.63, 3.8) is 0 Å². The minimum atomic E-state index is 0. The summed E-state index contributed by atoms with van der Waals surface area (Å²) in [5.41, 5.74) is 1.34. The summed E-state index contributed by atoms with van der Waals surface area (Å²) in [7, 11) is 5.19. The highest BCUT2D eigenvalue weighted by molar-refractivity contribution is 14.0. The summed E-state index contributed by atoms with van der Waals surface area (Å²) in [5, 5.41) is 6.85. The lowest BCUT2D eigenvalue weighted by molar-refractivity contribution is 0.0513. The van der Waals surface area contributed by atoms with Gasteiger partial charge in [-0.25, -0.2) is 0 Å². The number of guanidine groups is 1. The van der Waals surface area contributed by atoms with Gasteiger partial charge in [0.05, 0.1) is 13.7 Å². The number of hydrogen-bond donors (Lipinski definition) is 2. The van der Waals surface area contributed by atoms with Gasteiger partial charge in [0.1, 0.15) is 5.75 Å². The molecule has 1 fully saturated rings. The lowest BCUT2D eigenvalue weighted by Crippen LogP contribution is -2.50. The van der Waals surface area contributed by atoms with Gasteiger partial charge in [0.15, 0.2) is 5.96 Å². The molecule has 1 aliphatic rings. The number of nitrogens with zero attached hydrogens (tertiary/aromatic N) is 1. The topological polar surface area (TPSA) is 64.1 Å². The molecule has 1 saturated heterocycles. The quantitative estimate of drug-likeness (QED) is 0.359. The molecule has 26 heavy (non-hydrogen) atoms. The van der Waals surface area contributed by atoms with E-state index in [0.717, 1.165) is 44.3 Å². The molecule has 1 unspecified atom stereocenters. The van der Waals surface area contributed by atoms with Crippen LogP contribution in [-0.2, 0) is 14.9 Å². The van der Waals surface area contributed by atoms with Crippen LogP contribution in [0.2, 0.25) is 0 Å². The Labute approximate surface area is 174 Å². The maximum atomic E-state index is 5.61. The first-order valence-electron chi connectivity index (χ1n) is 8.82. The third-order valence-electron chi connectivity index (χ3n) is 4.77. The van der Waals surface area contributed by atoms with Crippen LogP contribution in [0.4, 0.5) is 0 Å². The molecule has 0 spiro atoms. The molecule has 1 aromatic carbocycles. The first-order chi connectivity index (χ1) is 12.1. The lowest BCUT2D eigenvalue weighted by Gasteiger charge is -2.38. The van der Waals surface area contributed by atoms with Crippen molar-refractivity contribution in [1.29, 1.82) is 0 Å². The molecule has 6 nitrogen and oxygen atoms in total. The van der Waals surface area contributed by atoms with Gasteiger partial charge in [0.2, 0.25) is 0 Å². The zero-order chi connectivity index (χ0) is 18.1. The monoisotopic (exact) mass is 477 g/mol. The summed E-state index contributed by atoms with van der Waals surface area (Å²) in [6.07, 6.45) is 1.97. The fraction of sp³-hybridized carbons (Fsp3) is 0.632. The Morgan fingerprint density at radius 1 is 1.23 bits per heavy atom. The van der Waals surface area contributed by atoms with Crippen LogP contribution in [0.25, 0.3) is 0 Å². The third-order valence-corrected chi connectivity index (χ3v) is 4.77. The second-order valence-corrected chi connectivity index (χ2v) is 6.55. The SMILES string of the molecule is CN=C(NCC1(c2ccc(OC)cc2)CCOCC1)NC(C)COC.I. The van der Waals surface area contributed by atoms with E-state index in [1.54, 1.807) is 21.3 Å². The molecule has 2 N–H and O–H groups in total. The zero-order valence-corrected chi connectivity index (χ0v) is 18.5. The normalized spacial score (nSPS) is 17.8. The zero-order valence-electron chi connectivity index (χ0n) is 16.2. The van der Waals surface area contributed by atoms with Crippen LogP contribution in [0.3, 0.4) is 0 Å². The largest absolute Gasteiger partial charge is 0.497 e. The number of benzene rings is 1. The van der Waals surface area contributed by atoms with E-state index in [-0.39, 0.29) is 35.4 Å². The molecule has 1 atom stereocenters. The molecule has 1 aliphatic heterocycles. The first kappa shape index (κ1) is 23.0. The van der Waals surface area contributed by atoms with Crippen molar-refractivity contribution in [3.05, 3.63) is 29.8 Å². The Kier molecular flexibility index (Phi) is 10.3. The van der Waals surface area contributed by atoms with Gasteiger partial charge in [0, 0.05) is 45.4 Å². The van der Waals surface area contributed by atoms with Crippen LogP contribution in [0.5, 0.6) is 5.75 Å². The number of methoxy groups -OCH3 is 2. The predicted octanol–water partition coefficient (Wildman–Crippen LogP) is 2.56. The number of hydrogen-bond acceptors (Lipinski definition) is 4. The molecule has 0 bridgehead atoms. The number of ether oxygens (including phenoxy) is 3. The standard InChI is InChI=1S/C19H31N3O3.HI/c1-15(13-23-3)22-18(20-2)21-14-19(9-11-25-12-10-19)16-5-7-17(24-4)8-6-16;/h5-8,15H,9-14H2,1-4H3,(H2,20,21,22);1H. The van der Waals surface area contributed by atoms with Crippen LogP contribution < -0.4 is 15.4 Å². The van der Waals surface area contributed by atoms with E-state index in [9.17, 15) is 0 Å². The van der Waals surface area contributed by atoms with Gasteiger partial charge in [0.25, 0.3) is 0 Å². The minimum absolute atomic E-state index is 0. The van der Waals surface area contributed by atoms with Crippen LogP contribution >= 0.6 is 24.0 Å². The maximum absolute atomic E-state index is 5.61. The first-order valence-corrected chi connectivity index (χ1v) is 8.82. The van der Waals surface area contributed by atoms with Gasteiger partial charge >= 0.3 is 0 Å². The van der Waals surface area contributed by atoms with Crippen molar-refractivity contribution >= 4 is 29.9 Å². The Bertz CT molecular complexity index is 545. The van der Waals surface area contributed by atoms with Crippen LogP contribution in [-0.4, -0.2) is 59.6 Å². The highest BCUT2D eigenvalue weighted by atomic mass is 127. The van der Waals surface area contributed by atoms with Crippen molar-refractivity contribution in [2.24, 2.45) is 4.99 Å². The fourth-order valence-corrected chi connectivity index (χ4v) is 3.25. The molecule has 0 aliphatic carbocycles. The van der Waals surface area contributed by atoms with E-state index in [2.05, 4.69) is 34.7 Å². The van der Waals surface area contributed by atoms with Crippen LogP contribution in [0, 0.1) is 0 Å². The van der Waals surface area contributed by atoms with E-state index < -0.39 is 0 Å². The molecule has 148 valence electrons. The number of rotatable bonds is 7. The lowest BCUT2D eigenvalue weighted by atomic mass is 9.74. The molecular weight excluding hydrogens is 445 g/mol. The molecule has 1 heterocycles. The smallest absolute Gasteiger partial charge is 0.191 e. The van der Waals surface area contributed by atoms with Crippen molar-refractivity contribution < 1.29 is 14.2 Å². The third kappa shape index (κ3) is 6.28. The Morgan fingerprint density at radius 3 is 2.42 bits per heavy atom. The van der Waals surface area contributed by atoms with Crippen LogP contribution in [0.1, 0.15) is 25.3 Å². The van der Waals surface area contributed by atoms with E-state index in [4.69, 9.17) is 14.2 Å². The number of nitrogens with one attached hydrogen (secondary N) is 2. The predicted molar refractivity (Wildman–Crippen MR) is 116 cm³/mol. The van der Waals surface area contributed by atoms with E-state index in [1.807, 2.05) is 12.1 Å². The van der Waals surface area contributed by atoms with Gasteiger partial charge in [-0.05, 0) is 37.5 Å². The van der Waals surface area contributed by atoms with Gasteiger partial charge in [-0.15, -0.1) is 24.0 Å². The number of aliphatic imine (C=N–C) groups is 1. The van der Waals surface area contributed by atoms with Gasteiger partial charge in [-0.1, -0.05) is 12.1 Å². The molecule has 2 rings (SSSR count). The summed E-state index contributed by atoms with van der Waals surface area (Å²) >= 11 is 0. The van der Waals surface area contributed by atoms with Gasteiger partial charge in [-0.2, -0.15) is 0 Å². The minimum Gasteiger partial charge on any atom is -0.497 e. The second-order valence-electron chi connectivity index (χ2n) is 6.55. The molecule has 0 radical (unpaired) electrons. The fourth-order valence-electron chi connectivity index (χ4n) is 3.25.